The van der Waals surface area contributed by atoms with Gasteiger partial charge >= 0.3 is 0 Å². The number of carbonyl (C=O) groups is 1. The Kier molecular flexibility index (Phi) is 3.53. The maximum absolute atomic E-state index is 11.8. The van der Waals surface area contributed by atoms with Crippen molar-refractivity contribution in [1.29, 1.82) is 0 Å². The Morgan fingerprint density at radius 2 is 2.33 bits per heavy atom. The lowest BCUT2D eigenvalue weighted by atomic mass is 10.2. The first kappa shape index (κ1) is 12.4. The number of anilines is 2. The van der Waals surface area contributed by atoms with Gasteiger partial charge in [-0.3, -0.25) is 9.48 Å². The van der Waals surface area contributed by atoms with Crippen LogP contribution in [0.25, 0.3) is 0 Å². The molecule has 0 unspecified atom stereocenters. The van der Waals surface area contributed by atoms with Gasteiger partial charge in [-0.1, -0.05) is 17.7 Å². The summed E-state index contributed by atoms with van der Waals surface area (Å²) in [6, 6.07) is 5.34. The number of nitrogen functional groups attached to an aromatic ring is 1. The molecule has 18 heavy (non-hydrogen) atoms. The summed E-state index contributed by atoms with van der Waals surface area (Å²) in [6.07, 6.45) is 3.10. The number of carbonyl (C=O) groups excluding carboxylic acids is 1. The lowest BCUT2D eigenvalue weighted by Gasteiger charge is -2.08. The minimum Gasteiger partial charge on any atom is -0.396 e. The Balaban J connectivity index is 2.05. The molecule has 0 aliphatic carbocycles. The summed E-state index contributed by atoms with van der Waals surface area (Å²) < 4.78 is 1.48. The van der Waals surface area contributed by atoms with Crippen LogP contribution in [-0.2, 0) is 11.3 Å². The van der Waals surface area contributed by atoms with E-state index < -0.39 is 0 Å². The molecule has 0 saturated carbocycles. The van der Waals surface area contributed by atoms with Crippen molar-refractivity contribution in [1.82, 2.24) is 9.78 Å². The molecule has 1 aromatic carbocycles. The van der Waals surface area contributed by atoms with Gasteiger partial charge in [0.1, 0.15) is 6.54 Å². The third-order valence-electron chi connectivity index (χ3n) is 2.43. The molecule has 0 fully saturated rings. The van der Waals surface area contributed by atoms with E-state index in [0.717, 1.165) is 5.56 Å². The molecule has 2 aromatic rings. The monoisotopic (exact) mass is 264 g/mol. The van der Waals surface area contributed by atoms with E-state index in [-0.39, 0.29) is 12.5 Å². The second-order valence-electron chi connectivity index (χ2n) is 3.98. The third-order valence-corrected chi connectivity index (χ3v) is 2.67. The lowest BCUT2D eigenvalue weighted by Crippen LogP contribution is -2.19. The second kappa shape index (κ2) is 5.10. The lowest BCUT2D eigenvalue weighted by molar-refractivity contribution is -0.116. The summed E-state index contributed by atoms with van der Waals surface area (Å²) in [5.74, 6) is -0.177. The Labute approximate surface area is 110 Å². The predicted octanol–water partition coefficient (Wildman–Crippen LogP) is 2.07. The SMILES string of the molecule is Cc1ccc(Cl)cc1NC(=O)Cn1cc(N)cn1. The molecule has 0 bridgehead atoms. The average Bonchev–Trinajstić information content (AvgIpc) is 2.69. The van der Waals surface area contributed by atoms with Gasteiger partial charge in [0.25, 0.3) is 0 Å². The van der Waals surface area contributed by atoms with Crippen LogP contribution in [0.2, 0.25) is 5.02 Å². The van der Waals surface area contributed by atoms with Gasteiger partial charge in [0.15, 0.2) is 0 Å². The molecule has 0 saturated heterocycles. The zero-order valence-corrected chi connectivity index (χ0v) is 10.6. The number of hydrogen-bond donors (Lipinski definition) is 2. The molecular formula is C12H13ClN4O. The summed E-state index contributed by atoms with van der Waals surface area (Å²) in [4.78, 5) is 11.8. The Bertz CT molecular complexity index is 579. The summed E-state index contributed by atoms with van der Waals surface area (Å²) >= 11 is 5.88. The minimum absolute atomic E-state index is 0.114. The van der Waals surface area contributed by atoms with Crippen molar-refractivity contribution in [3.63, 3.8) is 0 Å². The van der Waals surface area contributed by atoms with Crippen LogP contribution in [0.1, 0.15) is 5.56 Å². The zero-order valence-electron chi connectivity index (χ0n) is 9.85. The Hall–Kier alpha value is -2.01. The first-order valence-corrected chi connectivity index (χ1v) is 5.76. The van der Waals surface area contributed by atoms with Crippen LogP contribution in [0.15, 0.2) is 30.6 Å². The van der Waals surface area contributed by atoms with Gasteiger partial charge in [0.05, 0.1) is 11.9 Å². The topological polar surface area (TPSA) is 72.9 Å². The summed E-state index contributed by atoms with van der Waals surface area (Å²) in [5, 5.41) is 7.31. The number of nitrogens with zero attached hydrogens (tertiary/aromatic N) is 2. The van der Waals surface area contributed by atoms with Crippen LogP contribution in [-0.4, -0.2) is 15.7 Å². The molecule has 0 spiro atoms. The quantitative estimate of drug-likeness (QED) is 0.891. The highest BCUT2D eigenvalue weighted by atomic mass is 35.5. The molecular weight excluding hydrogens is 252 g/mol. The van der Waals surface area contributed by atoms with E-state index in [1.165, 1.54) is 10.9 Å². The van der Waals surface area contributed by atoms with Crippen LogP contribution in [0.5, 0.6) is 0 Å². The molecule has 0 aliphatic heterocycles. The van der Waals surface area contributed by atoms with Gasteiger partial charge in [-0.05, 0) is 24.6 Å². The third kappa shape index (κ3) is 3.01. The molecule has 0 radical (unpaired) electrons. The van der Waals surface area contributed by atoms with Crippen molar-refractivity contribution in [2.45, 2.75) is 13.5 Å². The summed E-state index contributed by atoms with van der Waals surface area (Å²) in [6.45, 7) is 2.01. The normalized spacial score (nSPS) is 10.3. The smallest absolute Gasteiger partial charge is 0.246 e. The van der Waals surface area contributed by atoms with E-state index in [4.69, 9.17) is 17.3 Å². The van der Waals surface area contributed by atoms with Crippen LogP contribution in [0, 0.1) is 6.92 Å². The number of nitrogens with two attached hydrogens (primary N) is 1. The van der Waals surface area contributed by atoms with Crippen molar-refractivity contribution < 1.29 is 4.79 Å². The van der Waals surface area contributed by atoms with Crippen molar-refractivity contribution in [3.8, 4) is 0 Å². The molecule has 3 N–H and O–H groups in total. The zero-order chi connectivity index (χ0) is 13.1. The predicted molar refractivity (Wildman–Crippen MR) is 71.5 cm³/mol. The summed E-state index contributed by atoms with van der Waals surface area (Å²) in [5.41, 5.74) is 7.70. The molecule has 2 rings (SSSR count). The Morgan fingerprint density at radius 3 is 3.00 bits per heavy atom. The van der Waals surface area contributed by atoms with E-state index in [2.05, 4.69) is 10.4 Å². The molecule has 1 heterocycles. The molecule has 1 amide bonds. The molecule has 5 nitrogen and oxygen atoms in total. The number of halogens is 1. The van der Waals surface area contributed by atoms with Crippen LogP contribution < -0.4 is 11.1 Å². The van der Waals surface area contributed by atoms with E-state index in [1.807, 2.05) is 13.0 Å². The highest BCUT2D eigenvalue weighted by Crippen LogP contribution is 2.20. The highest BCUT2D eigenvalue weighted by Gasteiger charge is 2.07. The van der Waals surface area contributed by atoms with Gasteiger partial charge < -0.3 is 11.1 Å². The van der Waals surface area contributed by atoms with Crippen LogP contribution >= 0.6 is 11.6 Å². The van der Waals surface area contributed by atoms with Crippen molar-refractivity contribution in [2.75, 3.05) is 11.1 Å². The van der Waals surface area contributed by atoms with Gasteiger partial charge in [-0.15, -0.1) is 0 Å². The van der Waals surface area contributed by atoms with Crippen molar-refractivity contribution >= 4 is 28.9 Å². The van der Waals surface area contributed by atoms with Gasteiger partial charge in [0, 0.05) is 16.9 Å². The Morgan fingerprint density at radius 1 is 1.56 bits per heavy atom. The standard InChI is InChI=1S/C12H13ClN4O/c1-8-2-3-9(13)4-11(8)16-12(18)7-17-6-10(14)5-15-17/h2-6H,7,14H2,1H3,(H,16,18). The largest absolute Gasteiger partial charge is 0.396 e. The van der Waals surface area contributed by atoms with Crippen LogP contribution in [0.4, 0.5) is 11.4 Å². The summed E-state index contributed by atoms with van der Waals surface area (Å²) in [7, 11) is 0. The minimum atomic E-state index is -0.177. The number of rotatable bonds is 3. The van der Waals surface area contributed by atoms with E-state index in [1.54, 1.807) is 18.3 Å². The molecule has 94 valence electrons. The number of aromatic nitrogens is 2. The fraction of sp³-hybridized carbons (Fsp3) is 0.167. The molecule has 0 aliphatic rings. The fourth-order valence-electron chi connectivity index (χ4n) is 1.53. The van der Waals surface area contributed by atoms with Crippen molar-refractivity contribution in [3.05, 3.63) is 41.2 Å². The first-order chi connectivity index (χ1) is 8.54. The van der Waals surface area contributed by atoms with Gasteiger partial charge in [-0.25, -0.2) is 0 Å². The first-order valence-electron chi connectivity index (χ1n) is 5.38. The number of aryl methyl sites for hydroxylation is 1. The molecule has 1 aromatic heterocycles. The van der Waals surface area contributed by atoms with E-state index in [9.17, 15) is 4.79 Å². The number of hydrogen-bond acceptors (Lipinski definition) is 3. The van der Waals surface area contributed by atoms with Gasteiger partial charge in [0.2, 0.25) is 5.91 Å². The maximum atomic E-state index is 11.8. The van der Waals surface area contributed by atoms with Gasteiger partial charge in [-0.2, -0.15) is 5.10 Å². The highest BCUT2D eigenvalue weighted by molar-refractivity contribution is 6.31. The fourth-order valence-corrected chi connectivity index (χ4v) is 1.70. The maximum Gasteiger partial charge on any atom is 0.246 e. The second-order valence-corrected chi connectivity index (χ2v) is 4.42. The average molecular weight is 265 g/mol. The number of amides is 1. The van der Waals surface area contributed by atoms with E-state index in [0.29, 0.717) is 16.4 Å². The molecule has 6 heteroatoms. The molecule has 0 atom stereocenters. The van der Waals surface area contributed by atoms with Crippen molar-refractivity contribution in [2.24, 2.45) is 0 Å². The van der Waals surface area contributed by atoms with Crippen LogP contribution in [0.3, 0.4) is 0 Å². The number of nitrogens with one attached hydrogen (secondary N) is 1. The van der Waals surface area contributed by atoms with E-state index >= 15 is 0 Å². The number of benzene rings is 1.